The molecule has 7 heteroatoms. The van der Waals surface area contributed by atoms with Crippen molar-refractivity contribution in [2.75, 3.05) is 28.6 Å². The maximum Gasteiger partial charge on any atom is 0.325 e. The van der Waals surface area contributed by atoms with Crippen LogP contribution < -0.4 is 15.5 Å². The van der Waals surface area contributed by atoms with E-state index < -0.39 is 0 Å². The van der Waals surface area contributed by atoms with Gasteiger partial charge in [-0.05, 0) is 43.4 Å². The lowest BCUT2D eigenvalue weighted by Crippen LogP contribution is -2.34. The SMILES string of the molecule is Cc1cccc(NC(=O)Nc2nnc(N3CCC[C@@H](C)C3)s2)c1. The van der Waals surface area contributed by atoms with Crippen molar-refractivity contribution in [2.45, 2.75) is 26.7 Å². The first-order valence-electron chi connectivity index (χ1n) is 7.83. The molecule has 0 unspecified atom stereocenters. The number of carbonyl (C=O) groups excluding carboxylic acids is 1. The normalized spacial score (nSPS) is 17.8. The van der Waals surface area contributed by atoms with Crippen molar-refractivity contribution in [2.24, 2.45) is 5.92 Å². The molecule has 2 heterocycles. The third-order valence-corrected chi connectivity index (χ3v) is 4.74. The summed E-state index contributed by atoms with van der Waals surface area (Å²) < 4.78 is 0. The number of benzene rings is 1. The number of rotatable bonds is 3. The van der Waals surface area contributed by atoms with Gasteiger partial charge in [-0.15, -0.1) is 10.2 Å². The molecule has 1 fully saturated rings. The van der Waals surface area contributed by atoms with Crippen molar-refractivity contribution in [1.29, 1.82) is 0 Å². The number of carbonyl (C=O) groups is 1. The zero-order chi connectivity index (χ0) is 16.2. The van der Waals surface area contributed by atoms with E-state index in [9.17, 15) is 4.79 Å². The number of aryl methyl sites for hydroxylation is 1. The second-order valence-corrected chi connectivity index (χ2v) is 6.99. The molecule has 0 saturated carbocycles. The van der Waals surface area contributed by atoms with Crippen LogP contribution in [0.4, 0.5) is 20.7 Å². The highest BCUT2D eigenvalue weighted by molar-refractivity contribution is 7.19. The Morgan fingerprint density at radius 3 is 3.00 bits per heavy atom. The van der Waals surface area contributed by atoms with E-state index in [1.165, 1.54) is 24.2 Å². The van der Waals surface area contributed by atoms with Gasteiger partial charge >= 0.3 is 6.03 Å². The second kappa shape index (κ2) is 6.95. The Balaban J connectivity index is 1.59. The van der Waals surface area contributed by atoms with Crippen LogP contribution >= 0.6 is 11.3 Å². The molecule has 122 valence electrons. The van der Waals surface area contributed by atoms with E-state index in [1.807, 2.05) is 31.2 Å². The summed E-state index contributed by atoms with van der Waals surface area (Å²) in [5.41, 5.74) is 1.86. The summed E-state index contributed by atoms with van der Waals surface area (Å²) in [7, 11) is 0. The zero-order valence-electron chi connectivity index (χ0n) is 13.4. The minimum atomic E-state index is -0.301. The van der Waals surface area contributed by atoms with Crippen LogP contribution in [-0.4, -0.2) is 29.3 Å². The van der Waals surface area contributed by atoms with Crippen molar-refractivity contribution in [3.8, 4) is 0 Å². The summed E-state index contributed by atoms with van der Waals surface area (Å²) in [4.78, 5) is 14.3. The number of amides is 2. The van der Waals surface area contributed by atoms with Crippen LogP contribution in [-0.2, 0) is 0 Å². The van der Waals surface area contributed by atoms with E-state index in [4.69, 9.17) is 0 Å². The summed E-state index contributed by atoms with van der Waals surface area (Å²) in [6.07, 6.45) is 2.44. The van der Waals surface area contributed by atoms with Gasteiger partial charge in [0, 0.05) is 18.8 Å². The van der Waals surface area contributed by atoms with Gasteiger partial charge in [0.15, 0.2) is 0 Å². The lowest BCUT2D eigenvalue weighted by Gasteiger charge is -2.29. The van der Waals surface area contributed by atoms with Crippen LogP contribution in [0.3, 0.4) is 0 Å². The summed E-state index contributed by atoms with van der Waals surface area (Å²) >= 11 is 1.42. The largest absolute Gasteiger partial charge is 0.346 e. The van der Waals surface area contributed by atoms with Crippen LogP contribution in [0.1, 0.15) is 25.3 Å². The monoisotopic (exact) mass is 331 g/mol. The molecule has 0 aliphatic carbocycles. The van der Waals surface area contributed by atoms with E-state index >= 15 is 0 Å². The number of piperidine rings is 1. The fourth-order valence-corrected chi connectivity index (χ4v) is 3.51. The third-order valence-electron chi connectivity index (χ3n) is 3.84. The minimum Gasteiger partial charge on any atom is -0.346 e. The van der Waals surface area contributed by atoms with Crippen molar-refractivity contribution >= 4 is 33.3 Å². The molecule has 0 bridgehead atoms. The Morgan fingerprint density at radius 2 is 2.22 bits per heavy atom. The molecule has 1 atom stereocenters. The number of hydrogen-bond donors (Lipinski definition) is 2. The number of anilines is 3. The standard InChI is InChI=1S/C16H21N5OS/c1-11-5-3-7-13(9-11)17-14(22)18-15-19-20-16(23-15)21-8-4-6-12(2)10-21/h3,5,7,9,12H,4,6,8,10H2,1-2H3,(H2,17,18,19,22)/t12-/m1/s1. The molecule has 3 rings (SSSR count). The highest BCUT2D eigenvalue weighted by Gasteiger charge is 2.20. The van der Waals surface area contributed by atoms with Crippen LogP contribution in [0.5, 0.6) is 0 Å². The van der Waals surface area contributed by atoms with Crippen LogP contribution in [0.25, 0.3) is 0 Å². The quantitative estimate of drug-likeness (QED) is 0.899. The lowest BCUT2D eigenvalue weighted by molar-refractivity contribution is 0.262. The maximum atomic E-state index is 12.0. The van der Waals surface area contributed by atoms with Gasteiger partial charge in [-0.3, -0.25) is 5.32 Å². The van der Waals surface area contributed by atoms with Gasteiger partial charge in [0.25, 0.3) is 0 Å². The predicted octanol–water partition coefficient (Wildman–Crippen LogP) is 3.73. The average Bonchev–Trinajstić information content (AvgIpc) is 2.95. The topological polar surface area (TPSA) is 70.1 Å². The van der Waals surface area contributed by atoms with Gasteiger partial charge in [-0.1, -0.05) is 30.4 Å². The molecule has 1 aliphatic heterocycles. The van der Waals surface area contributed by atoms with Gasteiger partial charge in [0.2, 0.25) is 10.3 Å². The number of urea groups is 1. The Hall–Kier alpha value is -2.15. The first-order chi connectivity index (χ1) is 11.1. The highest BCUT2D eigenvalue weighted by atomic mass is 32.1. The first kappa shape index (κ1) is 15.7. The first-order valence-corrected chi connectivity index (χ1v) is 8.65. The van der Waals surface area contributed by atoms with Crippen molar-refractivity contribution in [3.63, 3.8) is 0 Å². The fraction of sp³-hybridized carbons (Fsp3) is 0.438. The van der Waals surface area contributed by atoms with Gasteiger partial charge in [0.1, 0.15) is 0 Å². The summed E-state index contributed by atoms with van der Waals surface area (Å²) in [5.74, 6) is 0.675. The Kier molecular flexibility index (Phi) is 4.76. The molecule has 2 N–H and O–H groups in total. The Labute approximate surface area is 139 Å². The van der Waals surface area contributed by atoms with Gasteiger partial charge in [-0.25, -0.2) is 4.79 Å². The second-order valence-electron chi connectivity index (χ2n) is 6.03. The molecule has 0 spiro atoms. The van der Waals surface area contributed by atoms with Gasteiger partial charge < -0.3 is 10.2 Å². The zero-order valence-corrected chi connectivity index (χ0v) is 14.2. The molecule has 6 nitrogen and oxygen atoms in total. The average molecular weight is 331 g/mol. The summed E-state index contributed by atoms with van der Waals surface area (Å²) in [6.45, 7) is 6.25. The molecule has 1 aromatic heterocycles. The molecule has 2 aromatic rings. The van der Waals surface area contributed by atoms with Crippen LogP contribution in [0.15, 0.2) is 24.3 Å². The molecule has 2 amide bonds. The van der Waals surface area contributed by atoms with Crippen LogP contribution in [0.2, 0.25) is 0 Å². The Bertz CT molecular complexity index is 687. The molecular formula is C16H21N5OS. The maximum absolute atomic E-state index is 12.0. The van der Waals surface area contributed by atoms with Crippen molar-refractivity contribution < 1.29 is 4.79 Å². The summed E-state index contributed by atoms with van der Waals surface area (Å²) in [6, 6.07) is 7.36. The number of hydrogen-bond acceptors (Lipinski definition) is 5. The van der Waals surface area contributed by atoms with E-state index in [-0.39, 0.29) is 6.03 Å². The fourth-order valence-electron chi connectivity index (χ4n) is 2.74. The van der Waals surface area contributed by atoms with Gasteiger partial charge in [0.05, 0.1) is 0 Å². The number of nitrogens with one attached hydrogen (secondary N) is 2. The molecule has 1 aliphatic rings. The molecule has 1 saturated heterocycles. The van der Waals surface area contributed by atoms with Crippen LogP contribution in [0, 0.1) is 12.8 Å². The predicted molar refractivity (Wildman–Crippen MR) is 94.3 cm³/mol. The van der Waals surface area contributed by atoms with E-state index in [0.29, 0.717) is 11.0 Å². The molecule has 0 radical (unpaired) electrons. The number of nitrogens with zero attached hydrogens (tertiary/aromatic N) is 3. The summed E-state index contributed by atoms with van der Waals surface area (Å²) in [5, 5.41) is 15.2. The van der Waals surface area contributed by atoms with Gasteiger partial charge in [-0.2, -0.15) is 0 Å². The molecular weight excluding hydrogens is 310 g/mol. The minimum absolute atomic E-state index is 0.301. The number of aromatic nitrogens is 2. The third kappa shape index (κ3) is 4.19. The van der Waals surface area contributed by atoms with Crippen molar-refractivity contribution in [3.05, 3.63) is 29.8 Å². The van der Waals surface area contributed by atoms with E-state index in [0.717, 1.165) is 29.5 Å². The van der Waals surface area contributed by atoms with E-state index in [1.54, 1.807) is 0 Å². The lowest BCUT2D eigenvalue weighted by atomic mass is 10.0. The molecule has 1 aromatic carbocycles. The van der Waals surface area contributed by atoms with Crippen molar-refractivity contribution in [1.82, 2.24) is 10.2 Å². The molecule has 23 heavy (non-hydrogen) atoms. The smallest absolute Gasteiger partial charge is 0.325 e. The van der Waals surface area contributed by atoms with E-state index in [2.05, 4.69) is 32.7 Å². The Morgan fingerprint density at radius 1 is 1.35 bits per heavy atom. The highest BCUT2D eigenvalue weighted by Crippen LogP contribution is 2.28.